The second kappa shape index (κ2) is 7.64. The van der Waals surface area contributed by atoms with E-state index in [0.29, 0.717) is 17.9 Å². The molecule has 1 fully saturated rings. The van der Waals surface area contributed by atoms with Gasteiger partial charge in [0, 0.05) is 10.6 Å². The molecule has 5 nitrogen and oxygen atoms in total. The first-order valence-corrected chi connectivity index (χ1v) is 9.05. The van der Waals surface area contributed by atoms with Crippen LogP contribution >= 0.6 is 11.6 Å². The van der Waals surface area contributed by atoms with E-state index >= 15 is 0 Å². The number of nitrogens with zero attached hydrogens (tertiary/aromatic N) is 1. The summed E-state index contributed by atoms with van der Waals surface area (Å²) >= 11 is 6.03. The average molecular weight is 403 g/mol. The fourth-order valence-corrected chi connectivity index (χ4v) is 3.19. The summed E-state index contributed by atoms with van der Waals surface area (Å²) < 4.78 is 19.6. The maximum absolute atomic E-state index is 14.1. The lowest BCUT2D eigenvalue weighted by molar-refractivity contribution is -0.131. The van der Waals surface area contributed by atoms with E-state index in [1.807, 2.05) is 6.92 Å². The van der Waals surface area contributed by atoms with E-state index in [9.17, 15) is 14.0 Å². The second-order valence-electron chi connectivity index (χ2n) is 6.92. The maximum atomic E-state index is 14.1. The van der Waals surface area contributed by atoms with Gasteiger partial charge in [0.05, 0.1) is 6.54 Å². The monoisotopic (exact) mass is 402 g/mol. The Balaban J connectivity index is 1.82. The molecule has 2 aromatic carbocycles. The van der Waals surface area contributed by atoms with Crippen LogP contribution < -0.4 is 10.1 Å². The third kappa shape index (κ3) is 3.73. The van der Waals surface area contributed by atoms with Crippen LogP contribution in [0.3, 0.4) is 0 Å². The maximum Gasteiger partial charge on any atom is 0.325 e. The number of amides is 3. The molecule has 3 amide bonds. The zero-order chi connectivity index (χ0) is 20.5. The predicted molar refractivity (Wildman–Crippen MR) is 105 cm³/mol. The lowest BCUT2D eigenvalue weighted by Gasteiger charge is -2.22. The van der Waals surface area contributed by atoms with Crippen LogP contribution in [0.2, 0.25) is 5.02 Å². The summed E-state index contributed by atoms with van der Waals surface area (Å²) in [6.07, 6.45) is 0. The molecular formula is C21H20ClFN2O3. The molecule has 0 bridgehead atoms. The van der Waals surface area contributed by atoms with Gasteiger partial charge in [-0.05, 0) is 49.2 Å². The van der Waals surface area contributed by atoms with E-state index in [2.05, 4.69) is 11.9 Å². The molecule has 7 heteroatoms. The molecule has 1 saturated heterocycles. The first kappa shape index (κ1) is 19.9. The van der Waals surface area contributed by atoms with Crippen molar-refractivity contribution in [2.75, 3.05) is 6.61 Å². The van der Waals surface area contributed by atoms with Crippen molar-refractivity contribution in [3.63, 3.8) is 0 Å². The number of hydrogen-bond acceptors (Lipinski definition) is 3. The number of nitrogens with one attached hydrogen (secondary N) is 1. The number of ether oxygens (including phenoxy) is 1. The molecule has 0 aliphatic carbocycles. The number of rotatable bonds is 6. The number of hydrogen-bond donors (Lipinski definition) is 1. The van der Waals surface area contributed by atoms with Crippen LogP contribution in [0.1, 0.15) is 25.0 Å². The van der Waals surface area contributed by atoms with E-state index in [0.717, 1.165) is 10.5 Å². The van der Waals surface area contributed by atoms with Gasteiger partial charge >= 0.3 is 6.03 Å². The Labute approximate surface area is 167 Å². The zero-order valence-electron chi connectivity index (χ0n) is 15.6. The van der Waals surface area contributed by atoms with Gasteiger partial charge in [0.15, 0.2) is 0 Å². The van der Waals surface area contributed by atoms with Gasteiger partial charge in [0.1, 0.15) is 23.7 Å². The summed E-state index contributed by atoms with van der Waals surface area (Å²) in [6.45, 7) is 7.39. The van der Waals surface area contributed by atoms with Gasteiger partial charge in [-0.1, -0.05) is 36.4 Å². The van der Waals surface area contributed by atoms with Crippen LogP contribution in [-0.4, -0.2) is 23.4 Å². The number of carbonyl (C=O) groups excluding carboxylic acids is 2. The summed E-state index contributed by atoms with van der Waals surface area (Å²) in [7, 11) is 0. The number of imide groups is 1. The lowest BCUT2D eigenvalue weighted by atomic mass is 9.92. The molecule has 1 heterocycles. The van der Waals surface area contributed by atoms with E-state index in [1.54, 1.807) is 31.2 Å². The van der Waals surface area contributed by atoms with Gasteiger partial charge in [0.25, 0.3) is 5.91 Å². The van der Waals surface area contributed by atoms with Crippen molar-refractivity contribution in [3.8, 4) is 5.75 Å². The molecule has 1 atom stereocenters. The Morgan fingerprint density at radius 1 is 1.25 bits per heavy atom. The van der Waals surface area contributed by atoms with Gasteiger partial charge in [-0.3, -0.25) is 9.69 Å². The first-order valence-electron chi connectivity index (χ1n) is 8.67. The SMILES string of the molecule is C=C(C)COc1ccc(C2(C)NC(=O)N(Cc3c(F)cccc3Cl)C2=O)cc1. The van der Waals surface area contributed by atoms with Gasteiger partial charge in [-0.15, -0.1) is 0 Å². The summed E-state index contributed by atoms with van der Waals surface area (Å²) in [6, 6.07) is 10.5. The third-order valence-electron chi connectivity index (χ3n) is 4.57. The van der Waals surface area contributed by atoms with Crippen molar-refractivity contribution in [1.29, 1.82) is 0 Å². The van der Waals surface area contributed by atoms with Crippen molar-refractivity contribution in [2.45, 2.75) is 25.9 Å². The zero-order valence-corrected chi connectivity index (χ0v) is 16.3. The Kier molecular flexibility index (Phi) is 5.42. The summed E-state index contributed by atoms with van der Waals surface area (Å²) in [5.74, 6) is -0.421. The Bertz CT molecular complexity index is 925. The van der Waals surface area contributed by atoms with E-state index in [-0.39, 0.29) is 17.1 Å². The normalized spacial score (nSPS) is 18.9. The van der Waals surface area contributed by atoms with Gasteiger partial charge < -0.3 is 10.1 Å². The molecule has 1 N–H and O–H groups in total. The van der Waals surface area contributed by atoms with Gasteiger partial charge in [-0.25, -0.2) is 9.18 Å². The summed E-state index contributed by atoms with van der Waals surface area (Å²) in [5, 5.41) is 2.85. The molecule has 0 radical (unpaired) electrons. The van der Waals surface area contributed by atoms with Crippen LogP contribution in [0.15, 0.2) is 54.6 Å². The van der Waals surface area contributed by atoms with Crippen molar-refractivity contribution < 1.29 is 18.7 Å². The largest absolute Gasteiger partial charge is 0.489 e. The number of halogens is 2. The molecule has 3 rings (SSSR count). The highest BCUT2D eigenvalue weighted by molar-refractivity contribution is 6.31. The highest BCUT2D eigenvalue weighted by Crippen LogP contribution is 2.32. The number of carbonyl (C=O) groups is 2. The van der Waals surface area contributed by atoms with E-state index in [1.165, 1.54) is 18.2 Å². The summed E-state index contributed by atoms with van der Waals surface area (Å²) in [5.41, 5.74) is 0.314. The molecule has 0 aromatic heterocycles. The molecule has 1 aliphatic heterocycles. The molecule has 146 valence electrons. The van der Waals surface area contributed by atoms with Gasteiger partial charge in [0.2, 0.25) is 0 Å². The minimum absolute atomic E-state index is 0.0976. The first-order chi connectivity index (χ1) is 13.2. The standard InChI is InChI=1S/C21H20ClFN2O3/c1-13(2)12-28-15-9-7-14(8-10-15)21(3)19(26)25(20(27)24-21)11-16-17(22)5-4-6-18(16)23/h4-10H,1,11-12H2,2-3H3,(H,24,27). The average Bonchev–Trinajstić information content (AvgIpc) is 2.87. The van der Waals surface area contributed by atoms with Crippen LogP contribution in [0.25, 0.3) is 0 Å². The molecule has 0 saturated carbocycles. The van der Waals surface area contributed by atoms with Crippen LogP contribution in [0.5, 0.6) is 5.75 Å². The minimum Gasteiger partial charge on any atom is -0.489 e. The molecule has 0 spiro atoms. The second-order valence-corrected chi connectivity index (χ2v) is 7.32. The number of urea groups is 1. The fraction of sp³-hybridized carbons (Fsp3) is 0.238. The quantitative estimate of drug-likeness (QED) is 0.575. The van der Waals surface area contributed by atoms with Crippen molar-refractivity contribution >= 4 is 23.5 Å². The van der Waals surface area contributed by atoms with Crippen LogP contribution in [-0.2, 0) is 16.9 Å². The van der Waals surface area contributed by atoms with Crippen LogP contribution in [0.4, 0.5) is 9.18 Å². The third-order valence-corrected chi connectivity index (χ3v) is 4.92. The van der Waals surface area contributed by atoms with Crippen molar-refractivity contribution in [3.05, 3.63) is 76.6 Å². The van der Waals surface area contributed by atoms with Crippen LogP contribution in [0, 0.1) is 5.82 Å². The summed E-state index contributed by atoms with van der Waals surface area (Å²) in [4.78, 5) is 26.4. The molecule has 2 aromatic rings. The van der Waals surface area contributed by atoms with E-state index in [4.69, 9.17) is 16.3 Å². The molecular weight excluding hydrogens is 383 g/mol. The Morgan fingerprint density at radius 3 is 2.54 bits per heavy atom. The topological polar surface area (TPSA) is 58.6 Å². The highest BCUT2D eigenvalue weighted by atomic mass is 35.5. The van der Waals surface area contributed by atoms with Crippen molar-refractivity contribution in [1.82, 2.24) is 10.2 Å². The molecule has 28 heavy (non-hydrogen) atoms. The lowest BCUT2D eigenvalue weighted by Crippen LogP contribution is -2.40. The smallest absolute Gasteiger partial charge is 0.325 e. The van der Waals surface area contributed by atoms with Gasteiger partial charge in [-0.2, -0.15) is 0 Å². The van der Waals surface area contributed by atoms with Crippen molar-refractivity contribution in [2.24, 2.45) is 0 Å². The Hall–Kier alpha value is -2.86. The molecule has 1 aliphatic rings. The highest BCUT2D eigenvalue weighted by Gasteiger charge is 2.49. The Morgan fingerprint density at radius 2 is 1.93 bits per heavy atom. The fourth-order valence-electron chi connectivity index (χ4n) is 2.97. The predicted octanol–water partition coefficient (Wildman–Crippen LogP) is 4.40. The van der Waals surface area contributed by atoms with E-state index < -0.39 is 23.3 Å². The number of benzene rings is 2. The minimum atomic E-state index is -1.26. The molecule has 1 unspecified atom stereocenters.